The van der Waals surface area contributed by atoms with E-state index in [0.717, 1.165) is 36.3 Å². The second kappa shape index (κ2) is 7.51. The molecule has 25 heavy (non-hydrogen) atoms. The topological polar surface area (TPSA) is 67.3 Å². The first kappa shape index (κ1) is 17.2. The van der Waals surface area contributed by atoms with E-state index < -0.39 is 0 Å². The molecule has 0 aliphatic carbocycles. The Hall–Kier alpha value is -2.63. The third-order valence-electron chi connectivity index (χ3n) is 4.28. The van der Waals surface area contributed by atoms with E-state index in [1.807, 2.05) is 56.0 Å². The Morgan fingerprint density at radius 2 is 2.04 bits per heavy atom. The van der Waals surface area contributed by atoms with Crippen LogP contribution >= 0.6 is 0 Å². The molecule has 0 radical (unpaired) electrons. The van der Waals surface area contributed by atoms with Gasteiger partial charge >= 0.3 is 6.03 Å². The Bertz CT molecular complexity index is 743. The number of urea groups is 1. The number of ether oxygens (including phenoxy) is 1. The van der Waals surface area contributed by atoms with Gasteiger partial charge in [-0.15, -0.1) is 0 Å². The van der Waals surface area contributed by atoms with E-state index in [4.69, 9.17) is 4.74 Å². The first-order valence-electron chi connectivity index (χ1n) is 8.62. The molecule has 6 nitrogen and oxygen atoms in total. The van der Waals surface area contributed by atoms with Crippen molar-refractivity contribution in [2.24, 2.45) is 0 Å². The van der Waals surface area contributed by atoms with Gasteiger partial charge in [-0.25, -0.2) is 9.78 Å². The number of likely N-dealkylation sites (tertiary alicyclic amines) is 1. The molecule has 1 atom stereocenters. The smallest absolute Gasteiger partial charge is 0.321 e. The zero-order chi connectivity index (χ0) is 17.8. The van der Waals surface area contributed by atoms with Gasteiger partial charge in [0.1, 0.15) is 11.9 Å². The summed E-state index contributed by atoms with van der Waals surface area (Å²) >= 11 is 0. The summed E-state index contributed by atoms with van der Waals surface area (Å²) in [6.45, 7) is 7.05. The number of para-hydroxylation sites is 1. The van der Waals surface area contributed by atoms with Gasteiger partial charge in [-0.05, 0) is 45.2 Å². The lowest BCUT2D eigenvalue weighted by Crippen LogP contribution is -2.46. The van der Waals surface area contributed by atoms with E-state index in [9.17, 15) is 4.79 Å². The van der Waals surface area contributed by atoms with E-state index in [1.165, 1.54) is 0 Å². The van der Waals surface area contributed by atoms with Crippen molar-refractivity contribution in [2.75, 3.05) is 18.4 Å². The number of aryl methyl sites for hydroxylation is 3. The van der Waals surface area contributed by atoms with Crippen LogP contribution in [-0.2, 0) is 0 Å². The largest absolute Gasteiger partial charge is 0.472 e. The van der Waals surface area contributed by atoms with Gasteiger partial charge in [-0.3, -0.25) is 0 Å². The highest BCUT2D eigenvalue weighted by atomic mass is 16.5. The summed E-state index contributed by atoms with van der Waals surface area (Å²) in [7, 11) is 0. The minimum absolute atomic E-state index is 0.0509. The Balaban J connectivity index is 1.62. The molecule has 1 saturated heterocycles. The summed E-state index contributed by atoms with van der Waals surface area (Å²) in [5, 5.41) is 2.99. The number of piperidine rings is 1. The highest BCUT2D eigenvalue weighted by Gasteiger charge is 2.25. The van der Waals surface area contributed by atoms with Crippen LogP contribution in [0.15, 0.2) is 30.3 Å². The van der Waals surface area contributed by atoms with Crippen molar-refractivity contribution in [1.82, 2.24) is 14.9 Å². The molecule has 0 spiro atoms. The number of hydrogen-bond acceptors (Lipinski definition) is 4. The van der Waals surface area contributed by atoms with Crippen LogP contribution in [-0.4, -0.2) is 40.1 Å². The molecule has 0 bridgehead atoms. The number of nitrogens with zero attached hydrogens (tertiary/aromatic N) is 3. The van der Waals surface area contributed by atoms with Crippen LogP contribution in [0.1, 0.15) is 29.9 Å². The molecule has 3 rings (SSSR count). The van der Waals surface area contributed by atoms with E-state index in [0.29, 0.717) is 18.2 Å². The van der Waals surface area contributed by atoms with Crippen LogP contribution in [0.25, 0.3) is 0 Å². The Kier molecular flexibility index (Phi) is 5.16. The molecule has 2 aromatic rings. The van der Waals surface area contributed by atoms with Crippen molar-refractivity contribution in [3.05, 3.63) is 47.4 Å². The van der Waals surface area contributed by atoms with E-state index in [1.54, 1.807) is 0 Å². The van der Waals surface area contributed by atoms with Crippen molar-refractivity contribution < 1.29 is 9.53 Å². The van der Waals surface area contributed by atoms with E-state index in [-0.39, 0.29) is 12.1 Å². The molecule has 132 valence electrons. The van der Waals surface area contributed by atoms with Gasteiger partial charge in [0.05, 0.1) is 6.54 Å². The monoisotopic (exact) mass is 340 g/mol. The zero-order valence-corrected chi connectivity index (χ0v) is 15.0. The van der Waals surface area contributed by atoms with Gasteiger partial charge in [-0.2, -0.15) is 4.98 Å². The number of aromatic nitrogens is 2. The quantitative estimate of drug-likeness (QED) is 0.929. The van der Waals surface area contributed by atoms with Gasteiger partial charge in [-0.1, -0.05) is 18.2 Å². The molecule has 1 aromatic carbocycles. The molecule has 1 aromatic heterocycles. The fourth-order valence-electron chi connectivity index (χ4n) is 3.04. The maximum atomic E-state index is 12.6. The third-order valence-corrected chi connectivity index (χ3v) is 4.28. The minimum atomic E-state index is -0.0855. The first-order chi connectivity index (χ1) is 12.0. The second-order valence-corrected chi connectivity index (χ2v) is 6.47. The molecular formula is C19H24N4O2. The van der Waals surface area contributed by atoms with Crippen LogP contribution in [0.5, 0.6) is 5.88 Å². The number of amides is 2. The Morgan fingerprint density at radius 3 is 2.80 bits per heavy atom. The summed E-state index contributed by atoms with van der Waals surface area (Å²) in [4.78, 5) is 23.0. The van der Waals surface area contributed by atoms with Crippen molar-refractivity contribution >= 4 is 11.7 Å². The van der Waals surface area contributed by atoms with Gasteiger partial charge in [0.2, 0.25) is 5.88 Å². The summed E-state index contributed by atoms with van der Waals surface area (Å²) in [5.74, 6) is 1.27. The molecule has 2 heterocycles. The standard InChI is InChI=1S/C19H24N4O2/c1-13-7-4-5-9-17(13)22-19(24)23-10-6-8-16(12-23)25-18-11-14(2)20-15(3)21-18/h4-5,7,9,11,16H,6,8,10,12H2,1-3H3,(H,22,24)/t16-/m0/s1. The number of benzene rings is 1. The fourth-order valence-corrected chi connectivity index (χ4v) is 3.04. The number of hydrogen-bond donors (Lipinski definition) is 1. The lowest BCUT2D eigenvalue weighted by atomic mass is 10.1. The highest BCUT2D eigenvalue weighted by Crippen LogP contribution is 2.19. The van der Waals surface area contributed by atoms with Gasteiger partial charge in [0.25, 0.3) is 0 Å². The van der Waals surface area contributed by atoms with Gasteiger partial charge < -0.3 is 15.0 Å². The molecule has 0 saturated carbocycles. The fraction of sp³-hybridized carbons (Fsp3) is 0.421. The minimum Gasteiger partial charge on any atom is -0.472 e. The number of carbonyl (C=O) groups excluding carboxylic acids is 1. The maximum Gasteiger partial charge on any atom is 0.321 e. The average Bonchev–Trinajstić information content (AvgIpc) is 2.56. The third kappa shape index (κ3) is 4.47. The highest BCUT2D eigenvalue weighted by molar-refractivity contribution is 5.90. The van der Waals surface area contributed by atoms with Crippen molar-refractivity contribution in [1.29, 1.82) is 0 Å². The van der Waals surface area contributed by atoms with Crippen LogP contribution in [0, 0.1) is 20.8 Å². The number of rotatable bonds is 3. The SMILES string of the molecule is Cc1cc(O[C@H]2CCCN(C(=O)Nc3ccccc3C)C2)nc(C)n1. The van der Waals surface area contributed by atoms with Crippen LogP contribution in [0.4, 0.5) is 10.5 Å². The number of nitrogens with one attached hydrogen (secondary N) is 1. The predicted molar refractivity (Wildman–Crippen MR) is 96.9 cm³/mol. The first-order valence-corrected chi connectivity index (χ1v) is 8.62. The van der Waals surface area contributed by atoms with Gasteiger partial charge in [0, 0.05) is 24.0 Å². The van der Waals surface area contributed by atoms with Crippen LogP contribution in [0.2, 0.25) is 0 Å². The van der Waals surface area contributed by atoms with Crippen LogP contribution < -0.4 is 10.1 Å². The zero-order valence-electron chi connectivity index (χ0n) is 15.0. The molecule has 1 N–H and O–H groups in total. The lowest BCUT2D eigenvalue weighted by molar-refractivity contribution is 0.102. The Morgan fingerprint density at radius 1 is 1.24 bits per heavy atom. The Labute approximate surface area is 148 Å². The summed E-state index contributed by atoms with van der Waals surface area (Å²) in [6.07, 6.45) is 1.77. The van der Waals surface area contributed by atoms with E-state index in [2.05, 4.69) is 15.3 Å². The molecule has 1 aliphatic rings. The normalized spacial score (nSPS) is 17.2. The molecular weight excluding hydrogens is 316 g/mol. The molecule has 2 amide bonds. The number of anilines is 1. The van der Waals surface area contributed by atoms with Crippen molar-refractivity contribution in [3.63, 3.8) is 0 Å². The summed E-state index contributed by atoms with van der Waals surface area (Å²) < 4.78 is 6.00. The molecule has 6 heteroatoms. The molecule has 1 aliphatic heterocycles. The van der Waals surface area contributed by atoms with Crippen molar-refractivity contribution in [2.45, 2.75) is 39.7 Å². The van der Waals surface area contributed by atoms with Crippen LogP contribution in [0.3, 0.4) is 0 Å². The lowest BCUT2D eigenvalue weighted by Gasteiger charge is -2.32. The second-order valence-electron chi connectivity index (χ2n) is 6.47. The summed E-state index contributed by atoms with van der Waals surface area (Å²) in [5.41, 5.74) is 2.78. The molecule has 0 unspecified atom stereocenters. The number of carbonyl (C=O) groups is 1. The maximum absolute atomic E-state index is 12.6. The summed E-state index contributed by atoms with van der Waals surface area (Å²) in [6, 6.07) is 9.53. The average molecular weight is 340 g/mol. The molecule has 1 fully saturated rings. The predicted octanol–water partition coefficient (Wildman–Crippen LogP) is 3.48. The van der Waals surface area contributed by atoms with Gasteiger partial charge in [0.15, 0.2) is 0 Å². The van der Waals surface area contributed by atoms with Crippen molar-refractivity contribution in [3.8, 4) is 5.88 Å². The van der Waals surface area contributed by atoms with E-state index >= 15 is 0 Å².